The molecule has 6 nitrogen and oxygen atoms in total. The van der Waals surface area contributed by atoms with Crippen LogP contribution in [0.4, 0.5) is 0 Å². The number of nitrogens with zero attached hydrogens (tertiary/aromatic N) is 4. The maximum absolute atomic E-state index is 10.5. The third-order valence-corrected chi connectivity index (χ3v) is 1.77. The molecule has 0 atom stereocenters. The van der Waals surface area contributed by atoms with Crippen molar-refractivity contribution in [1.82, 2.24) is 4.98 Å². The van der Waals surface area contributed by atoms with Crippen molar-refractivity contribution in [3.05, 3.63) is 46.1 Å². The zero-order valence-corrected chi connectivity index (χ0v) is 8.45. The Morgan fingerprint density at radius 1 is 1.62 bits per heavy atom. The molecular formula is C10H10N4O2. The normalized spacial score (nSPS) is 10.0. The van der Waals surface area contributed by atoms with Crippen molar-refractivity contribution >= 4 is 12.0 Å². The van der Waals surface area contributed by atoms with Crippen molar-refractivity contribution < 1.29 is 9.90 Å². The lowest BCUT2D eigenvalue weighted by Gasteiger charge is -1.94. The summed E-state index contributed by atoms with van der Waals surface area (Å²) in [6.07, 6.45) is 5.76. The lowest BCUT2D eigenvalue weighted by atomic mass is 10.2. The van der Waals surface area contributed by atoms with E-state index in [4.69, 9.17) is 10.6 Å². The highest BCUT2D eigenvalue weighted by Gasteiger charge is 2.01. The van der Waals surface area contributed by atoms with Crippen molar-refractivity contribution in [2.24, 2.45) is 5.11 Å². The minimum atomic E-state index is -1.04. The molecule has 0 aromatic carbocycles. The molecule has 0 fully saturated rings. The van der Waals surface area contributed by atoms with Gasteiger partial charge in [0.25, 0.3) is 0 Å². The molecule has 0 aliphatic carbocycles. The number of hydrogen-bond acceptors (Lipinski definition) is 3. The molecule has 82 valence electrons. The van der Waals surface area contributed by atoms with E-state index in [9.17, 15) is 4.79 Å². The second-order valence-corrected chi connectivity index (χ2v) is 2.93. The average Bonchev–Trinajstić information content (AvgIpc) is 2.29. The number of carboxylic acid groups (broad SMARTS) is 1. The molecule has 0 saturated heterocycles. The van der Waals surface area contributed by atoms with E-state index in [1.54, 1.807) is 12.1 Å². The Morgan fingerprint density at radius 2 is 2.44 bits per heavy atom. The number of carboxylic acids is 1. The summed E-state index contributed by atoms with van der Waals surface area (Å²) in [6.45, 7) is 0.410. The van der Waals surface area contributed by atoms with E-state index in [0.29, 0.717) is 13.0 Å². The first-order valence-corrected chi connectivity index (χ1v) is 4.61. The minimum absolute atomic E-state index is 0.0197. The van der Waals surface area contributed by atoms with E-state index in [2.05, 4.69) is 15.0 Å². The van der Waals surface area contributed by atoms with E-state index in [1.165, 1.54) is 12.3 Å². The molecule has 1 N–H and O–H groups in total. The first kappa shape index (κ1) is 11.7. The number of hydrogen-bond donors (Lipinski definition) is 1. The number of rotatable bonds is 5. The fourth-order valence-electron chi connectivity index (χ4n) is 1.03. The fraction of sp³-hybridized carbons (Fsp3) is 0.200. The van der Waals surface area contributed by atoms with E-state index < -0.39 is 5.97 Å². The Bertz CT molecular complexity index is 433. The summed E-state index contributed by atoms with van der Waals surface area (Å²) in [7, 11) is 0. The van der Waals surface area contributed by atoms with E-state index in [1.807, 2.05) is 6.08 Å². The standard InChI is InChI=1S/C10H10N4O2/c11-14-13-6-2-1-3-8-4-5-9(10(15)16)12-7-8/h1,3-5,7H,2,6H2,(H,15,16). The molecular weight excluding hydrogens is 208 g/mol. The molecule has 1 aromatic heterocycles. The van der Waals surface area contributed by atoms with Gasteiger partial charge >= 0.3 is 5.97 Å². The highest BCUT2D eigenvalue weighted by atomic mass is 16.4. The van der Waals surface area contributed by atoms with Crippen LogP contribution >= 0.6 is 0 Å². The van der Waals surface area contributed by atoms with Crippen molar-refractivity contribution in [1.29, 1.82) is 0 Å². The number of aromatic nitrogens is 1. The number of carbonyl (C=O) groups is 1. The molecule has 0 unspecified atom stereocenters. The van der Waals surface area contributed by atoms with Gasteiger partial charge in [0.05, 0.1) is 0 Å². The van der Waals surface area contributed by atoms with Gasteiger partial charge in [0, 0.05) is 17.7 Å². The van der Waals surface area contributed by atoms with Gasteiger partial charge in [-0.25, -0.2) is 9.78 Å². The van der Waals surface area contributed by atoms with E-state index in [-0.39, 0.29) is 5.69 Å². The smallest absolute Gasteiger partial charge is 0.354 e. The van der Waals surface area contributed by atoms with Gasteiger partial charge in [0.15, 0.2) is 0 Å². The Hall–Kier alpha value is -2.33. The van der Waals surface area contributed by atoms with Gasteiger partial charge in [0.1, 0.15) is 5.69 Å². The van der Waals surface area contributed by atoms with Gasteiger partial charge in [-0.1, -0.05) is 23.3 Å². The van der Waals surface area contributed by atoms with Crippen molar-refractivity contribution in [2.75, 3.05) is 6.54 Å². The van der Waals surface area contributed by atoms with Crippen LogP contribution in [0.5, 0.6) is 0 Å². The molecule has 0 aliphatic rings. The van der Waals surface area contributed by atoms with Gasteiger partial charge in [-0.05, 0) is 23.6 Å². The first-order valence-electron chi connectivity index (χ1n) is 4.61. The average molecular weight is 218 g/mol. The van der Waals surface area contributed by atoms with Gasteiger partial charge in [-0.3, -0.25) is 0 Å². The van der Waals surface area contributed by atoms with Crippen LogP contribution in [0.1, 0.15) is 22.5 Å². The third-order valence-electron chi connectivity index (χ3n) is 1.77. The van der Waals surface area contributed by atoms with Gasteiger partial charge in [-0.15, -0.1) is 0 Å². The van der Waals surface area contributed by atoms with Crippen LogP contribution in [0.3, 0.4) is 0 Å². The minimum Gasteiger partial charge on any atom is -0.477 e. The highest BCUT2D eigenvalue weighted by molar-refractivity contribution is 5.85. The van der Waals surface area contributed by atoms with Crippen molar-refractivity contribution in [2.45, 2.75) is 6.42 Å². The lowest BCUT2D eigenvalue weighted by Crippen LogP contribution is -1.98. The van der Waals surface area contributed by atoms with Crippen LogP contribution in [-0.4, -0.2) is 22.6 Å². The molecule has 1 heterocycles. The maximum Gasteiger partial charge on any atom is 0.354 e. The predicted molar refractivity (Wildman–Crippen MR) is 58.9 cm³/mol. The summed E-state index contributed by atoms with van der Waals surface area (Å²) in [5, 5.41) is 12.0. The van der Waals surface area contributed by atoms with Crippen LogP contribution in [0.25, 0.3) is 16.5 Å². The number of azide groups is 1. The summed E-state index contributed by atoms with van der Waals surface area (Å²) >= 11 is 0. The summed E-state index contributed by atoms with van der Waals surface area (Å²) in [6, 6.07) is 3.11. The van der Waals surface area contributed by atoms with E-state index >= 15 is 0 Å². The summed E-state index contributed by atoms with van der Waals surface area (Å²) < 4.78 is 0. The second kappa shape index (κ2) is 6.21. The van der Waals surface area contributed by atoms with Gasteiger partial charge in [0.2, 0.25) is 0 Å². The van der Waals surface area contributed by atoms with Gasteiger partial charge in [-0.2, -0.15) is 0 Å². The van der Waals surface area contributed by atoms with Crippen LogP contribution in [0, 0.1) is 0 Å². The zero-order chi connectivity index (χ0) is 11.8. The summed E-state index contributed by atoms with van der Waals surface area (Å²) in [4.78, 5) is 16.9. The van der Waals surface area contributed by atoms with Crippen molar-refractivity contribution in [3.63, 3.8) is 0 Å². The third kappa shape index (κ3) is 3.81. The fourth-order valence-corrected chi connectivity index (χ4v) is 1.03. The van der Waals surface area contributed by atoms with Gasteiger partial charge < -0.3 is 5.11 Å². The Balaban J connectivity index is 2.54. The summed E-state index contributed by atoms with van der Waals surface area (Å²) in [5.74, 6) is -1.04. The molecule has 1 aromatic rings. The SMILES string of the molecule is [N-]=[N+]=NCCC=Cc1ccc(C(=O)O)nc1. The molecule has 0 amide bonds. The largest absolute Gasteiger partial charge is 0.477 e. The van der Waals surface area contributed by atoms with Crippen molar-refractivity contribution in [3.8, 4) is 0 Å². The highest BCUT2D eigenvalue weighted by Crippen LogP contribution is 2.03. The Labute approximate surface area is 91.9 Å². The summed E-state index contributed by atoms with van der Waals surface area (Å²) in [5.41, 5.74) is 8.86. The number of aromatic carboxylic acids is 1. The van der Waals surface area contributed by atoms with E-state index in [0.717, 1.165) is 5.56 Å². The molecule has 1 rings (SSSR count). The first-order chi connectivity index (χ1) is 7.74. The van der Waals surface area contributed by atoms with Crippen LogP contribution < -0.4 is 0 Å². The topological polar surface area (TPSA) is 99.0 Å². The predicted octanol–water partition coefficient (Wildman–Crippen LogP) is 2.49. The number of pyridine rings is 1. The molecule has 0 spiro atoms. The Morgan fingerprint density at radius 3 is 3.00 bits per heavy atom. The lowest BCUT2D eigenvalue weighted by molar-refractivity contribution is 0.0690. The molecule has 6 heteroatoms. The molecule has 0 bridgehead atoms. The van der Waals surface area contributed by atoms with Crippen LogP contribution in [0.2, 0.25) is 0 Å². The Kier molecular flexibility index (Phi) is 4.56. The maximum atomic E-state index is 10.5. The molecule has 0 aliphatic heterocycles. The zero-order valence-electron chi connectivity index (χ0n) is 8.45. The second-order valence-electron chi connectivity index (χ2n) is 2.93. The van der Waals surface area contributed by atoms with Crippen LogP contribution in [0.15, 0.2) is 29.5 Å². The molecule has 0 saturated carbocycles. The molecule has 16 heavy (non-hydrogen) atoms. The quantitative estimate of drug-likeness (QED) is 0.355. The van der Waals surface area contributed by atoms with Crippen LogP contribution in [-0.2, 0) is 0 Å². The molecule has 0 radical (unpaired) electrons. The monoisotopic (exact) mass is 218 g/mol.